The van der Waals surface area contributed by atoms with Crippen LogP contribution in [0.15, 0.2) is 35.1 Å². The summed E-state index contributed by atoms with van der Waals surface area (Å²) in [6.07, 6.45) is 4.56. The number of hydrogen-bond acceptors (Lipinski definition) is 5. The quantitative estimate of drug-likeness (QED) is 0.791. The van der Waals surface area contributed by atoms with Gasteiger partial charge >= 0.3 is 0 Å². The molecule has 1 saturated heterocycles. The molecule has 1 fully saturated rings. The highest BCUT2D eigenvalue weighted by atomic mass is 19.1. The first-order valence-electron chi connectivity index (χ1n) is 8.07. The molecule has 0 unspecified atom stereocenters. The van der Waals surface area contributed by atoms with Crippen molar-refractivity contribution in [1.29, 1.82) is 0 Å². The maximum absolute atomic E-state index is 13.3. The van der Waals surface area contributed by atoms with Crippen LogP contribution in [0.2, 0.25) is 0 Å². The van der Waals surface area contributed by atoms with Crippen LogP contribution in [0.25, 0.3) is 11.1 Å². The number of imidazole rings is 1. The molecule has 130 valence electrons. The van der Waals surface area contributed by atoms with E-state index < -0.39 is 0 Å². The second kappa shape index (κ2) is 5.87. The molecule has 0 bridgehead atoms. The van der Waals surface area contributed by atoms with E-state index in [2.05, 4.69) is 15.3 Å². The third-order valence-corrected chi connectivity index (χ3v) is 4.68. The first-order valence-corrected chi connectivity index (χ1v) is 8.07. The number of anilines is 1. The lowest BCUT2D eigenvalue weighted by atomic mass is 9.94. The summed E-state index contributed by atoms with van der Waals surface area (Å²) < 4.78 is 20.9. The lowest BCUT2D eigenvalue weighted by Crippen LogP contribution is -2.46. The van der Waals surface area contributed by atoms with Crippen LogP contribution in [-0.2, 0) is 11.8 Å². The fourth-order valence-electron chi connectivity index (χ4n) is 3.37. The number of oxazole rings is 1. The molecule has 1 aromatic carbocycles. The Labute approximate surface area is 143 Å². The molecule has 2 atom stereocenters. The predicted octanol–water partition coefficient (Wildman–Crippen LogP) is 2.47. The zero-order valence-corrected chi connectivity index (χ0v) is 13.9. The third kappa shape index (κ3) is 2.73. The summed E-state index contributed by atoms with van der Waals surface area (Å²) in [5.74, 6) is -0.271. The van der Waals surface area contributed by atoms with E-state index in [1.54, 1.807) is 30.5 Å². The number of nitrogens with one attached hydrogen (secondary N) is 1. The number of nitrogens with zero attached hydrogens (tertiary/aromatic N) is 4. The summed E-state index contributed by atoms with van der Waals surface area (Å²) in [6.45, 7) is 0. The lowest BCUT2D eigenvalue weighted by molar-refractivity contribution is -0.135. The molecular formula is C17H18FN5O2. The molecule has 4 rings (SSSR count). The van der Waals surface area contributed by atoms with Crippen LogP contribution in [0.3, 0.4) is 0 Å². The van der Waals surface area contributed by atoms with Crippen LogP contribution in [-0.4, -0.2) is 38.4 Å². The number of piperidine rings is 1. The van der Waals surface area contributed by atoms with Crippen LogP contribution < -0.4 is 5.32 Å². The molecule has 25 heavy (non-hydrogen) atoms. The molecule has 7 nitrogen and oxygen atoms in total. The number of carbonyl (C=O) groups is 1. The Bertz CT molecular complexity index is 934. The van der Waals surface area contributed by atoms with Gasteiger partial charge in [0.05, 0.1) is 30.3 Å². The van der Waals surface area contributed by atoms with Gasteiger partial charge in [0.1, 0.15) is 11.3 Å². The van der Waals surface area contributed by atoms with Crippen molar-refractivity contribution in [1.82, 2.24) is 19.4 Å². The van der Waals surface area contributed by atoms with Gasteiger partial charge in [-0.1, -0.05) is 0 Å². The second-order valence-corrected chi connectivity index (χ2v) is 6.30. The minimum absolute atomic E-state index is 0.0869. The van der Waals surface area contributed by atoms with Gasteiger partial charge in [-0.05, 0) is 18.6 Å². The van der Waals surface area contributed by atoms with Gasteiger partial charge in [0.15, 0.2) is 5.58 Å². The van der Waals surface area contributed by atoms with Crippen molar-refractivity contribution in [3.8, 4) is 0 Å². The van der Waals surface area contributed by atoms with Gasteiger partial charge in [-0.3, -0.25) is 4.79 Å². The van der Waals surface area contributed by atoms with Crippen molar-refractivity contribution in [2.24, 2.45) is 7.05 Å². The molecule has 8 heteroatoms. The van der Waals surface area contributed by atoms with E-state index in [1.165, 1.54) is 12.1 Å². The number of aryl methyl sites for hydroxylation is 1. The number of fused-ring (bicyclic) bond motifs is 1. The molecule has 0 aliphatic carbocycles. The molecule has 0 saturated carbocycles. The van der Waals surface area contributed by atoms with Gasteiger partial charge in [0.25, 0.3) is 6.01 Å². The Morgan fingerprint density at radius 1 is 1.36 bits per heavy atom. The Hall–Kier alpha value is -2.90. The topological polar surface area (TPSA) is 76.2 Å². The largest absolute Gasteiger partial charge is 0.424 e. The number of halogens is 1. The number of aromatic nitrogens is 3. The Kier molecular flexibility index (Phi) is 3.67. The number of amides is 1. The predicted molar refractivity (Wildman–Crippen MR) is 89.3 cm³/mol. The van der Waals surface area contributed by atoms with E-state index in [-0.39, 0.29) is 23.8 Å². The molecule has 2 aromatic heterocycles. The molecule has 1 N–H and O–H groups in total. The molecule has 3 heterocycles. The van der Waals surface area contributed by atoms with Crippen LogP contribution in [0.4, 0.5) is 10.4 Å². The van der Waals surface area contributed by atoms with Crippen molar-refractivity contribution in [2.45, 2.75) is 24.9 Å². The maximum Gasteiger partial charge on any atom is 0.295 e. The van der Waals surface area contributed by atoms with E-state index in [0.717, 1.165) is 5.69 Å². The molecule has 1 aliphatic rings. The van der Waals surface area contributed by atoms with Gasteiger partial charge < -0.3 is 19.2 Å². The van der Waals surface area contributed by atoms with Crippen molar-refractivity contribution < 1.29 is 13.6 Å². The van der Waals surface area contributed by atoms with Crippen molar-refractivity contribution >= 4 is 23.0 Å². The highest BCUT2D eigenvalue weighted by Crippen LogP contribution is 2.33. The third-order valence-electron chi connectivity index (χ3n) is 4.68. The van der Waals surface area contributed by atoms with E-state index in [0.29, 0.717) is 30.0 Å². The smallest absolute Gasteiger partial charge is 0.295 e. The minimum atomic E-state index is -0.358. The summed E-state index contributed by atoms with van der Waals surface area (Å²) in [5, 5.41) is 3.27. The Morgan fingerprint density at radius 3 is 2.96 bits per heavy atom. The van der Waals surface area contributed by atoms with Crippen LogP contribution in [0, 0.1) is 5.82 Å². The van der Waals surface area contributed by atoms with Crippen LogP contribution >= 0.6 is 0 Å². The summed E-state index contributed by atoms with van der Waals surface area (Å²) in [6, 6.07) is 4.26. The molecular weight excluding hydrogens is 325 g/mol. The van der Waals surface area contributed by atoms with Gasteiger partial charge in [0, 0.05) is 26.6 Å². The summed E-state index contributed by atoms with van der Waals surface area (Å²) >= 11 is 0. The first-order chi connectivity index (χ1) is 12.0. The SMILES string of the molecule is CN1C(=O)CC[C@@H](Nc2nc3cc(F)ccc3o2)[C@@H]1c1cncn1C. The number of hydrogen-bond donors (Lipinski definition) is 1. The minimum Gasteiger partial charge on any atom is -0.424 e. The van der Waals surface area contributed by atoms with E-state index in [9.17, 15) is 9.18 Å². The van der Waals surface area contributed by atoms with Crippen LogP contribution in [0.1, 0.15) is 24.6 Å². The van der Waals surface area contributed by atoms with Crippen molar-refractivity contribution in [3.63, 3.8) is 0 Å². The molecule has 1 aliphatic heterocycles. The Balaban J connectivity index is 1.66. The summed E-state index contributed by atoms with van der Waals surface area (Å²) in [7, 11) is 3.68. The second-order valence-electron chi connectivity index (χ2n) is 6.30. The number of likely N-dealkylation sites (N-methyl/N-ethyl adjacent to an activating group) is 1. The number of likely N-dealkylation sites (tertiary alicyclic amines) is 1. The summed E-state index contributed by atoms with van der Waals surface area (Å²) in [5.41, 5.74) is 1.90. The molecule has 1 amide bonds. The standard InChI is InChI=1S/C17H18FN5O2/c1-22-9-19-8-13(22)16-11(4-6-15(24)23(16)2)20-17-21-12-7-10(18)3-5-14(12)25-17/h3,5,7-9,11,16H,4,6H2,1-2H3,(H,20,21)/t11-,16-/m1/s1. The van der Waals surface area contributed by atoms with Gasteiger partial charge in [-0.15, -0.1) is 0 Å². The first kappa shape index (κ1) is 15.6. The fourth-order valence-corrected chi connectivity index (χ4v) is 3.37. The van der Waals surface area contributed by atoms with Crippen molar-refractivity contribution in [2.75, 3.05) is 12.4 Å². The molecule has 0 spiro atoms. The average Bonchev–Trinajstić information content (AvgIpc) is 3.17. The van der Waals surface area contributed by atoms with Crippen molar-refractivity contribution in [3.05, 3.63) is 42.2 Å². The van der Waals surface area contributed by atoms with Gasteiger partial charge in [0.2, 0.25) is 5.91 Å². The van der Waals surface area contributed by atoms with E-state index in [4.69, 9.17) is 4.42 Å². The van der Waals surface area contributed by atoms with E-state index in [1.807, 2.05) is 11.6 Å². The number of benzene rings is 1. The zero-order chi connectivity index (χ0) is 17.6. The Morgan fingerprint density at radius 2 is 2.20 bits per heavy atom. The zero-order valence-electron chi connectivity index (χ0n) is 13.9. The molecule has 0 radical (unpaired) electrons. The monoisotopic (exact) mass is 343 g/mol. The van der Waals surface area contributed by atoms with E-state index >= 15 is 0 Å². The lowest BCUT2D eigenvalue weighted by Gasteiger charge is -2.39. The molecule has 3 aromatic rings. The fraction of sp³-hybridized carbons (Fsp3) is 0.353. The highest BCUT2D eigenvalue weighted by Gasteiger charge is 2.37. The summed E-state index contributed by atoms with van der Waals surface area (Å²) in [4.78, 5) is 22.4. The van der Waals surface area contributed by atoms with Crippen LogP contribution in [0.5, 0.6) is 0 Å². The average molecular weight is 343 g/mol. The maximum atomic E-state index is 13.3. The number of rotatable bonds is 3. The normalized spacial score (nSPS) is 21.1. The highest BCUT2D eigenvalue weighted by molar-refractivity contribution is 5.78. The number of carbonyl (C=O) groups excluding carboxylic acids is 1. The van der Waals surface area contributed by atoms with Gasteiger partial charge in [-0.25, -0.2) is 9.37 Å². The van der Waals surface area contributed by atoms with Gasteiger partial charge in [-0.2, -0.15) is 4.98 Å².